The highest BCUT2D eigenvalue weighted by Crippen LogP contribution is 2.29. The normalized spacial score (nSPS) is 12.1. The maximum absolute atomic E-state index is 5.58. The Morgan fingerprint density at radius 1 is 1.10 bits per heavy atom. The molecule has 0 aliphatic carbocycles. The average molecular weight is 348 g/mol. The van der Waals surface area contributed by atoms with Crippen molar-refractivity contribution < 1.29 is 4.74 Å². The third-order valence-corrected chi connectivity index (χ3v) is 4.01. The van der Waals surface area contributed by atoms with Gasteiger partial charge in [-0.3, -0.25) is 0 Å². The largest absolute Gasteiger partial charge is 0.493 e. The van der Waals surface area contributed by atoms with E-state index in [2.05, 4.69) is 70.6 Å². The molecule has 112 valence electrons. The summed E-state index contributed by atoms with van der Waals surface area (Å²) >= 11 is 3.60. The Hall–Kier alpha value is -1.32. The molecule has 0 radical (unpaired) electrons. The van der Waals surface area contributed by atoms with Crippen LogP contribution in [-0.4, -0.2) is 13.2 Å². The lowest BCUT2D eigenvalue weighted by molar-refractivity contribution is 0.338. The summed E-state index contributed by atoms with van der Waals surface area (Å²) in [5, 5.41) is 3.56. The summed E-state index contributed by atoms with van der Waals surface area (Å²) in [5.41, 5.74) is 2.62. The minimum absolute atomic E-state index is 0.310. The van der Waals surface area contributed by atoms with Crippen LogP contribution in [0.1, 0.15) is 31.0 Å². The average Bonchev–Trinajstić information content (AvgIpc) is 2.50. The van der Waals surface area contributed by atoms with E-state index in [1.54, 1.807) is 0 Å². The molecule has 0 aliphatic heterocycles. The van der Waals surface area contributed by atoms with Gasteiger partial charge in [0.15, 0.2) is 0 Å². The van der Waals surface area contributed by atoms with Crippen LogP contribution in [0.15, 0.2) is 53.0 Å². The minimum atomic E-state index is 0.310. The highest BCUT2D eigenvalue weighted by molar-refractivity contribution is 9.10. The van der Waals surface area contributed by atoms with Crippen molar-refractivity contribution in [2.24, 2.45) is 0 Å². The van der Waals surface area contributed by atoms with Crippen molar-refractivity contribution in [1.29, 1.82) is 0 Å². The maximum Gasteiger partial charge on any atom is 0.133 e. The summed E-state index contributed by atoms with van der Waals surface area (Å²) in [4.78, 5) is 0. The Morgan fingerprint density at radius 3 is 2.48 bits per heavy atom. The second-order valence-corrected chi connectivity index (χ2v) is 5.78. The van der Waals surface area contributed by atoms with Gasteiger partial charge in [-0.05, 0) is 59.1 Å². The van der Waals surface area contributed by atoms with Crippen LogP contribution in [0.4, 0.5) is 0 Å². The fourth-order valence-electron chi connectivity index (χ4n) is 2.41. The molecular weight excluding hydrogens is 326 g/mol. The van der Waals surface area contributed by atoms with Gasteiger partial charge >= 0.3 is 0 Å². The predicted octanol–water partition coefficient (Wildman–Crippen LogP) is 4.74. The second kappa shape index (κ2) is 8.20. The molecule has 0 aliphatic rings. The summed E-state index contributed by atoms with van der Waals surface area (Å²) in [5.74, 6) is 0.899. The van der Waals surface area contributed by atoms with Crippen LogP contribution in [-0.2, 0) is 6.42 Å². The van der Waals surface area contributed by atoms with Crippen molar-refractivity contribution in [3.8, 4) is 5.75 Å². The third kappa shape index (κ3) is 4.58. The molecule has 0 saturated carbocycles. The summed E-state index contributed by atoms with van der Waals surface area (Å²) in [6.45, 7) is 5.76. The number of halogens is 1. The molecule has 0 amide bonds. The topological polar surface area (TPSA) is 21.3 Å². The Balaban J connectivity index is 2.19. The first-order chi connectivity index (χ1) is 10.2. The van der Waals surface area contributed by atoms with Crippen LogP contribution in [0, 0.1) is 0 Å². The number of ether oxygens (including phenoxy) is 1. The van der Waals surface area contributed by atoms with Gasteiger partial charge < -0.3 is 10.1 Å². The van der Waals surface area contributed by atoms with E-state index in [1.807, 2.05) is 13.0 Å². The van der Waals surface area contributed by atoms with E-state index >= 15 is 0 Å². The van der Waals surface area contributed by atoms with Crippen molar-refractivity contribution in [2.75, 3.05) is 13.2 Å². The van der Waals surface area contributed by atoms with E-state index in [-0.39, 0.29) is 0 Å². The molecule has 2 aromatic carbocycles. The predicted molar refractivity (Wildman–Crippen MR) is 91.9 cm³/mol. The van der Waals surface area contributed by atoms with E-state index in [0.717, 1.165) is 23.2 Å². The highest BCUT2D eigenvalue weighted by atomic mass is 79.9. The van der Waals surface area contributed by atoms with E-state index in [1.165, 1.54) is 11.1 Å². The summed E-state index contributed by atoms with van der Waals surface area (Å²) < 4.78 is 6.59. The monoisotopic (exact) mass is 347 g/mol. The molecule has 0 bridgehead atoms. The SMILES string of the molecule is CCNC(Cc1ccccc1)c1ccc(OCC)c(Br)c1. The molecule has 2 aromatic rings. The molecule has 0 fully saturated rings. The van der Waals surface area contributed by atoms with Crippen molar-refractivity contribution in [1.82, 2.24) is 5.32 Å². The van der Waals surface area contributed by atoms with Crippen molar-refractivity contribution in [2.45, 2.75) is 26.3 Å². The van der Waals surface area contributed by atoms with Crippen LogP contribution in [0.2, 0.25) is 0 Å². The molecule has 1 N–H and O–H groups in total. The molecule has 0 spiro atoms. The molecule has 3 heteroatoms. The lowest BCUT2D eigenvalue weighted by atomic mass is 9.99. The van der Waals surface area contributed by atoms with E-state index in [9.17, 15) is 0 Å². The van der Waals surface area contributed by atoms with Gasteiger partial charge in [0.05, 0.1) is 11.1 Å². The second-order valence-electron chi connectivity index (χ2n) is 4.92. The maximum atomic E-state index is 5.58. The van der Waals surface area contributed by atoms with Crippen molar-refractivity contribution in [3.63, 3.8) is 0 Å². The third-order valence-electron chi connectivity index (χ3n) is 3.39. The van der Waals surface area contributed by atoms with Gasteiger partial charge in [0, 0.05) is 6.04 Å². The van der Waals surface area contributed by atoms with Crippen LogP contribution < -0.4 is 10.1 Å². The summed E-state index contributed by atoms with van der Waals surface area (Å²) in [7, 11) is 0. The van der Waals surface area contributed by atoms with Gasteiger partial charge in [-0.2, -0.15) is 0 Å². The molecule has 0 saturated heterocycles. The molecule has 1 unspecified atom stereocenters. The van der Waals surface area contributed by atoms with Crippen LogP contribution in [0.25, 0.3) is 0 Å². The number of rotatable bonds is 7. The molecule has 21 heavy (non-hydrogen) atoms. The zero-order valence-electron chi connectivity index (χ0n) is 12.6. The number of benzene rings is 2. The van der Waals surface area contributed by atoms with Gasteiger partial charge in [-0.15, -0.1) is 0 Å². The van der Waals surface area contributed by atoms with Crippen LogP contribution in [0.5, 0.6) is 5.75 Å². The molecule has 1 atom stereocenters. The number of nitrogens with one attached hydrogen (secondary N) is 1. The zero-order valence-corrected chi connectivity index (χ0v) is 14.2. The molecule has 2 rings (SSSR count). The van der Waals surface area contributed by atoms with Crippen LogP contribution >= 0.6 is 15.9 Å². The molecular formula is C18H22BrNO. The number of hydrogen-bond acceptors (Lipinski definition) is 2. The van der Waals surface area contributed by atoms with E-state index in [4.69, 9.17) is 4.74 Å². The smallest absolute Gasteiger partial charge is 0.133 e. The summed E-state index contributed by atoms with van der Waals surface area (Å²) in [6, 6.07) is 17.2. The first-order valence-corrected chi connectivity index (χ1v) is 8.23. The van der Waals surface area contributed by atoms with E-state index < -0.39 is 0 Å². The molecule has 0 heterocycles. The zero-order chi connectivity index (χ0) is 15.1. The summed E-state index contributed by atoms with van der Waals surface area (Å²) in [6.07, 6.45) is 0.981. The van der Waals surface area contributed by atoms with Gasteiger partial charge in [-0.25, -0.2) is 0 Å². The van der Waals surface area contributed by atoms with Crippen molar-refractivity contribution >= 4 is 15.9 Å². The standard InChI is InChI=1S/C18H22BrNO/c1-3-20-17(12-14-8-6-5-7-9-14)15-10-11-18(21-4-2)16(19)13-15/h5-11,13,17,20H,3-4,12H2,1-2H3. The minimum Gasteiger partial charge on any atom is -0.493 e. The Bertz CT molecular complexity index is 556. The van der Waals surface area contributed by atoms with E-state index in [0.29, 0.717) is 12.6 Å². The molecule has 2 nitrogen and oxygen atoms in total. The van der Waals surface area contributed by atoms with Gasteiger partial charge in [0.25, 0.3) is 0 Å². The Morgan fingerprint density at radius 2 is 1.86 bits per heavy atom. The lowest BCUT2D eigenvalue weighted by Gasteiger charge is -2.19. The van der Waals surface area contributed by atoms with Gasteiger partial charge in [0.1, 0.15) is 5.75 Å². The fourth-order valence-corrected chi connectivity index (χ4v) is 2.92. The van der Waals surface area contributed by atoms with Gasteiger partial charge in [0.2, 0.25) is 0 Å². The van der Waals surface area contributed by atoms with Crippen molar-refractivity contribution in [3.05, 3.63) is 64.1 Å². The highest BCUT2D eigenvalue weighted by Gasteiger charge is 2.13. The number of hydrogen-bond donors (Lipinski definition) is 1. The first kappa shape index (κ1) is 16.1. The Kier molecular flexibility index (Phi) is 6.27. The fraction of sp³-hybridized carbons (Fsp3) is 0.333. The molecule has 0 aromatic heterocycles. The van der Waals surface area contributed by atoms with Gasteiger partial charge in [-0.1, -0.05) is 43.3 Å². The lowest BCUT2D eigenvalue weighted by Crippen LogP contribution is -2.23. The first-order valence-electron chi connectivity index (χ1n) is 7.44. The quantitative estimate of drug-likeness (QED) is 0.780. The Labute approximate surface area is 135 Å². The van der Waals surface area contributed by atoms with Crippen LogP contribution in [0.3, 0.4) is 0 Å². The number of likely N-dealkylation sites (N-methyl/N-ethyl adjacent to an activating group) is 1.